The Hall–Kier alpha value is -1.68. The molecule has 1 saturated carbocycles. The Bertz CT molecular complexity index is 718. The molecule has 1 saturated heterocycles. The van der Waals surface area contributed by atoms with Crippen molar-refractivity contribution in [2.75, 3.05) is 32.7 Å². The Morgan fingerprint density at radius 3 is 2.33 bits per heavy atom. The lowest BCUT2D eigenvalue weighted by Crippen LogP contribution is -2.49. The average Bonchev–Trinajstić information content (AvgIpc) is 2.74. The zero-order chi connectivity index (χ0) is 18.5. The highest BCUT2D eigenvalue weighted by atomic mass is 16.3. The van der Waals surface area contributed by atoms with Crippen LogP contribution in [0.2, 0.25) is 0 Å². The van der Waals surface area contributed by atoms with Crippen LogP contribution in [0.4, 0.5) is 0 Å². The highest BCUT2D eigenvalue weighted by molar-refractivity contribution is 5.64. The van der Waals surface area contributed by atoms with Crippen molar-refractivity contribution in [1.82, 2.24) is 10.2 Å². The van der Waals surface area contributed by atoms with E-state index in [4.69, 9.17) is 0 Å². The van der Waals surface area contributed by atoms with Gasteiger partial charge in [-0.15, -0.1) is 0 Å². The summed E-state index contributed by atoms with van der Waals surface area (Å²) in [7, 11) is 0. The first-order valence-electron chi connectivity index (χ1n) is 10.6. The maximum absolute atomic E-state index is 11.6. The number of rotatable bonds is 5. The van der Waals surface area contributed by atoms with Gasteiger partial charge in [0.25, 0.3) is 0 Å². The zero-order valence-corrected chi connectivity index (χ0v) is 16.2. The van der Waals surface area contributed by atoms with E-state index in [-0.39, 0.29) is 5.92 Å². The summed E-state index contributed by atoms with van der Waals surface area (Å²) < 4.78 is 0. The van der Waals surface area contributed by atoms with Crippen LogP contribution in [-0.4, -0.2) is 48.3 Å². The molecule has 1 atom stereocenters. The standard InChI is InChI=1S/C24H32N2O/c27-24(12-5-2-6-13-24)23(19-26-16-14-25-15-17-26)22-11-7-10-21(18-22)20-8-3-1-4-9-20/h1,3-4,7-11,18,23,25,27H,2,5-6,12-17,19H2. The monoisotopic (exact) mass is 364 g/mol. The molecule has 0 aromatic heterocycles. The maximum atomic E-state index is 11.6. The molecule has 27 heavy (non-hydrogen) atoms. The van der Waals surface area contributed by atoms with Gasteiger partial charge >= 0.3 is 0 Å². The Kier molecular flexibility index (Phi) is 5.92. The van der Waals surface area contributed by atoms with Crippen LogP contribution < -0.4 is 5.32 Å². The van der Waals surface area contributed by atoms with Crippen LogP contribution in [0.3, 0.4) is 0 Å². The minimum Gasteiger partial charge on any atom is -0.389 e. The molecule has 1 aliphatic heterocycles. The SMILES string of the molecule is OC1(C(CN2CCNCC2)c2cccc(-c3ccccc3)c2)CCCCC1. The van der Waals surface area contributed by atoms with Crippen LogP contribution in [0.25, 0.3) is 11.1 Å². The first-order chi connectivity index (χ1) is 13.2. The van der Waals surface area contributed by atoms with Crippen molar-refractivity contribution in [1.29, 1.82) is 0 Å². The maximum Gasteiger partial charge on any atom is 0.0728 e. The van der Waals surface area contributed by atoms with Crippen molar-refractivity contribution in [2.45, 2.75) is 43.6 Å². The van der Waals surface area contributed by atoms with E-state index >= 15 is 0 Å². The fraction of sp³-hybridized carbons (Fsp3) is 0.500. The van der Waals surface area contributed by atoms with Crippen molar-refractivity contribution in [2.24, 2.45) is 0 Å². The van der Waals surface area contributed by atoms with Gasteiger partial charge in [0.15, 0.2) is 0 Å². The fourth-order valence-electron chi connectivity index (χ4n) is 4.82. The molecule has 1 heterocycles. The van der Waals surface area contributed by atoms with E-state index in [1.54, 1.807) is 0 Å². The number of nitrogens with one attached hydrogen (secondary N) is 1. The summed E-state index contributed by atoms with van der Waals surface area (Å²) in [6.45, 7) is 5.21. The number of benzene rings is 2. The molecule has 0 spiro atoms. The second-order valence-electron chi connectivity index (χ2n) is 8.26. The topological polar surface area (TPSA) is 35.5 Å². The van der Waals surface area contributed by atoms with E-state index in [0.717, 1.165) is 58.4 Å². The lowest BCUT2D eigenvalue weighted by atomic mass is 9.72. The minimum absolute atomic E-state index is 0.180. The quantitative estimate of drug-likeness (QED) is 0.841. The molecule has 2 N–H and O–H groups in total. The van der Waals surface area contributed by atoms with Crippen LogP contribution in [0.15, 0.2) is 54.6 Å². The molecule has 144 valence electrons. The second kappa shape index (κ2) is 8.55. The minimum atomic E-state index is -0.571. The number of aliphatic hydroxyl groups is 1. The smallest absolute Gasteiger partial charge is 0.0728 e. The Labute approximate surface area is 163 Å². The highest BCUT2D eigenvalue weighted by Crippen LogP contribution is 2.41. The molecule has 2 aromatic carbocycles. The molecule has 0 bridgehead atoms. The van der Waals surface area contributed by atoms with Crippen LogP contribution in [0, 0.1) is 0 Å². The van der Waals surface area contributed by atoms with Gasteiger partial charge in [-0.1, -0.05) is 73.9 Å². The van der Waals surface area contributed by atoms with Crippen LogP contribution in [-0.2, 0) is 0 Å². The van der Waals surface area contributed by atoms with Crippen molar-refractivity contribution in [3.05, 3.63) is 60.2 Å². The normalized spacial score (nSPS) is 21.7. The van der Waals surface area contributed by atoms with E-state index in [2.05, 4.69) is 64.8 Å². The second-order valence-corrected chi connectivity index (χ2v) is 8.26. The summed E-state index contributed by atoms with van der Waals surface area (Å²) in [6, 6.07) is 19.5. The van der Waals surface area contributed by atoms with Gasteiger partial charge in [-0.2, -0.15) is 0 Å². The molecule has 3 nitrogen and oxygen atoms in total. The molecule has 4 rings (SSSR count). The Morgan fingerprint density at radius 2 is 1.59 bits per heavy atom. The van der Waals surface area contributed by atoms with Crippen molar-refractivity contribution >= 4 is 0 Å². The average molecular weight is 365 g/mol. The van der Waals surface area contributed by atoms with Gasteiger partial charge < -0.3 is 15.3 Å². The predicted molar refractivity (Wildman–Crippen MR) is 112 cm³/mol. The predicted octanol–water partition coefficient (Wildman–Crippen LogP) is 4.04. The van der Waals surface area contributed by atoms with Gasteiger partial charge in [-0.25, -0.2) is 0 Å². The molecule has 2 fully saturated rings. The van der Waals surface area contributed by atoms with Gasteiger partial charge in [0.1, 0.15) is 0 Å². The van der Waals surface area contributed by atoms with Gasteiger partial charge in [0.2, 0.25) is 0 Å². The zero-order valence-electron chi connectivity index (χ0n) is 16.2. The van der Waals surface area contributed by atoms with E-state index in [9.17, 15) is 5.11 Å². The number of nitrogens with zero attached hydrogens (tertiary/aromatic N) is 1. The summed E-state index contributed by atoms with van der Waals surface area (Å²) in [4.78, 5) is 2.53. The van der Waals surface area contributed by atoms with Crippen molar-refractivity contribution in [3.8, 4) is 11.1 Å². The van der Waals surface area contributed by atoms with Crippen molar-refractivity contribution < 1.29 is 5.11 Å². The molecule has 2 aromatic rings. The first-order valence-corrected chi connectivity index (χ1v) is 10.6. The Balaban J connectivity index is 1.65. The summed E-state index contributed by atoms with van der Waals surface area (Å²) in [5, 5.41) is 15.1. The Morgan fingerprint density at radius 1 is 0.889 bits per heavy atom. The number of hydrogen-bond acceptors (Lipinski definition) is 3. The highest BCUT2D eigenvalue weighted by Gasteiger charge is 2.39. The number of piperazine rings is 1. The van der Waals surface area contributed by atoms with Gasteiger partial charge in [-0.3, -0.25) is 0 Å². The summed E-state index contributed by atoms with van der Waals surface area (Å²) in [5.74, 6) is 0.180. The first kappa shape index (κ1) is 18.7. The summed E-state index contributed by atoms with van der Waals surface area (Å²) in [5.41, 5.74) is 3.21. The van der Waals surface area contributed by atoms with Crippen LogP contribution in [0.5, 0.6) is 0 Å². The van der Waals surface area contributed by atoms with Gasteiger partial charge in [-0.05, 0) is 29.5 Å². The molecular formula is C24H32N2O. The van der Waals surface area contributed by atoms with E-state index in [1.165, 1.54) is 23.1 Å². The van der Waals surface area contributed by atoms with Crippen molar-refractivity contribution in [3.63, 3.8) is 0 Å². The van der Waals surface area contributed by atoms with Gasteiger partial charge in [0.05, 0.1) is 5.60 Å². The van der Waals surface area contributed by atoms with E-state index in [0.29, 0.717) is 0 Å². The summed E-state index contributed by atoms with van der Waals surface area (Å²) in [6.07, 6.45) is 5.41. The number of hydrogen-bond donors (Lipinski definition) is 2. The van der Waals surface area contributed by atoms with E-state index < -0.39 is 5.60 Å². The largest absolute Gasteiger partial charge is 0.389 e. The lowest BCUT2D eigenvalue weighted by molar-refractivity contribution is -0.0316. The summed E-state index contributed by atoms with van der Waals surface area (Å²) >= 11 is 0. The third-order valence-corrected chi connectivity index (χ3v) is 6.41. The molecule has 1 unspecified atom stereocenters. The third kappa shape index (κ3) is 4.43. The van der Waals surface area contributed by atoms with Crippen LogP contribution >= 0.6 is 0 Å². The molecule has 0 radical (unpaired) electrons. The van der Waals surface area contributed by atoms with Gasteiger partial charge in [0, 0.05) is 38.6 Å². The van der Waals surface area contributed by atoms with E-state index in [1.807, 2.05) is 0 Å². The molecule has 0 amide bonds. The fourth-order valence-corrected chi connectivity index (χ4v) is 4.82. The third-order valence-electron chi connectivity index (χ3n) is 6.41. The lowest BCUT2D eigenvalue weighted by Gasteiger charge is -2.42. The molecular weight excluding hydrogens is 332 g/mol. The molecule has 3 heteroatoms. The van der Waals surface area contributed by atoms with Crippen LogP contribution in [0.1, 0.15) is 43.6 Å². The molecule has 1 aliphatic carbocycles. The molecule has 2 aliphatic rings.